The molecule has 4 rings (SSSR count). The highest BCUT2D eigenvalue weighted by Crippen LogP contribution is 2.38. The normalized spacial score (nSPS) is 12.1. The molecule has 9 heteroatoms. The third-order valence-electron chi connectivity index (χ3n) is 5.28. The average molecular weight is 506 g/mol. The van der Waals surface area contributed by atoms with Gasteiger partial charge in [-0.2, -0.15) is 8.42 Å². The molecule has 2 aromatic heterocycles. The molecule has 2 heterocycles. The van der Waals surface area contributed by atoms with Gasteiger partial charge in [0.15, 0.2) is 6.29 Å². The van der Waals surface area contributed by atoms with Crippen molar-refractivity contribution in [1.82, 2.24) is 3.97 Å². The van der Waals surface area contributed by atoms with Crippen LogP contribution in [-0.2, 0) is 16.4 Å². The Hall–Kier alpha value is -2.36. The van der Waals surface area contributed by atoms with Crippen LogP contribution in [-0.4, -0.2) is 35.5 Å². The summed E-state index contributed by atoms with van der Waals surface area (Å²) in [4.78, 5) is 0.872. The van der Waals surface area contributed by atoms with E-state index in [-0.39, 0.29) is 10.6 Å². The van der Waals surface area contributed by atoms with Crippen molar-refractivity contribution in [3.8, 4) is 16.9 Å². The van der Waals surface area contributed by atoms with Crippen LogP contribution in [0.1, 0.15) is 23.8 Å². The Morgan fingerprint density at radius 3 is 2.52 bits per heavy atom. The molecule has 0 saturated heterocycles. The van der Waals surface area contributed by atoms with Crippen LogP contribution in [0.5, 0.6) is 5.75 Å². The van der Waals surface area contributed by atoms with Gasteiger partial charge in [0.05, 0.1) is 12.1 Å². The first kappa shape index (κ1) is 23.8. The predicted octanol–water partition coefficient (Wildman–Crippen LogP) is 5.21. The number of hydrogen-bond acceptors (Lipinski definition) is 6. The molecule has 6 nitrogen and oxygen atoms in total. The van der Waals surface area contributed by atoms with Crippen LogP contribution in [0, 0.1) is 6.92 Å². The Labute approximate surface area is 201 Å². The molecule has 0 saturated carbocycles. The SMILES string of the molecule is CCOc1ccc2c(c1)c(CCC(O)O)cn2S(=O)(=O)c1sc(C)cc1-c1ccc(Cl)cc1. The molecule has 4 aromatic rings. The fraction of sp³-hybridized carbons (Fsp3) is 0.250. The topological polar surface area (TPSA) is 88.8 Å². The molecule has 2 N–H and O–H groups in total. The molecule has 174 valence electrons. The van der Waals surface area contributed by atoms with Gasteiger partial charge >= 0.3 is 0 Å². The highest BCUT2D eigenvalue weighted by molar-refractivity contribution is 7.92. The minimum atomic E-state index is -3.94. The number of benzene rings is 2. The lowest BCUT2D eigenvalue weighted by molar-refractivity contribution is -0.0446. The minimum Gasteiger partial charge on any atom is -0.494 e. The van der Waals surface area contributed by atoms with Gasteiger partial charge < -0.3 is 14.9 Å². The van der Waals surface area contributed by atoms with E-state index in [0.29, 0.717) is 45.8 Å². The Balaban J connectivity index is 1.89. The molecule has 2 aromatic carbocycles. The highest BCUT2D eigenvalue weighted by atomic mass is 35.5. The first-order valence-corrected chi connectivity index (χ1v) is 13.1. The van der Waals surface area contributed by atoms with Gasteiger partial charge in [-0.25, -0.2) is 3.97 Å². The van der Waals surface area contributed by atoms with Crippen molar-refractivity contribution in [2.24, 2.45) is 0 Å². The first-order valence-electron chi connectivity index (χ1n) is 10.5. The molecule has 0 fully saturated rings. The summed E-state index contributed by atoms with van der Waals surface area (Å²) in [6.07, 6.45) is 0.483. The van der Waals surface area contributed by atoms with Crippen molar-refractivity contribution in [2.45, 2.75) is 37.2 Å². The maximum absolute atomic E-state index is 13.9. The summed E-state index contributed by atoms with van der Waals surface area (Å²) < 4.78 is 34.9. The second-order valence-corrected chi connectivity index (χ2v) is 11.4. The second kappa shape index (κ2) is 9.48. The fourth-order valence-corrected chi connectivity index (χ4v) is 7.04. The molecule has 0 atom stereocenters. The van der Waals surface area contributed by atoms with Gasteiger partial charge in [-0.05, 0) is 67.8 Å². The minimum absolute atomic E-state index is 0.0894. The van der Waals surface area contributed by atoms with Crippen molar-refractivity contribution >= 4 is 43.9 Å². The van der Waals surface area contributed by atoms with E-state index in [1.807, 2.05) is 19.9 Å². The molecule has 0 unspecified atom stereocenters. The number of aromatic nitrogens is 1. The summed E-state index contributed by atoms with van der Waals surface area (Å²) in [6, 6.07) is 14.2. The van der Waals surface area contributed by atoms with E-state index in [2.05, 4.69) is 0 Å². The van der Waals surface area contributed by atoms with E-state index in [4.69, 9.17) is 16.3 Å². The molecule has 0 radical (unpaired) electrons. The lowest BCUT2D eigenvalue weighted by Crippen LogP contribution is -2.11. The third-order valence-corrected chi connectivity index (χ3v) is 8.76. The average Bonchev–Trinajstić information content (AvgIpc) is 3.34. The third kappa shape index (κ3) is 4.81. The van der Waals surface area contributed by atoms with E-state index >= 15 is 0 Å². The molecular weight excluding hydrogens is 482 g/mol. The number of nitrogens with zero attached hydrogens (tertiary/aromatic N) is 1. The number of hydrogen-bond donors (Lipinski definition) is 2. The number of fused-ring (bicyclic) bond motifs is 1. The second-order valence-electron chi connectivity index (χ2n) is 7.65. The molecule has 0 aliphatic carbocycles. The maximum Gasteiger partial charge on any atom is 0.278 e. The zero-order chi connectivity index (χ0) is 23.8. The van der Waals surface area contributed by atoms with Crippen LogP contribution < -0.4 is 4.74 Å². The highest BCUT2D eigenvalue weighted by Gasteiger charge is 2.27. The Kier molecular flexibility index (Phi) is 6.83. The van der Waals surface area contributed by atoms with Crippen LogP contribution in [0.2, 0.25) is 5.02 Å². The quantitative estimate of drug-likeness (QED) is 0.321. The number of aliphatic hydroxyl groups excluding tert-OH is 1. The van der Waals surface area contributed by atoms with Gasteiger partial charge in [-0.1, -0.05) is 23.7 Å². The molecular formula is C24H24ClNO5S2. The summed E-state index contributed by atoms with van der Waals surface area (Å²) in [7, 11) is -3.94. The van der Waals surface area contributed by atoms with Gasteiger partial charge in [0.2, 0.25) is 0 Å². The van der Waals surface area contributed by atoms with Crippen LogP contribution >= 0.6 is 22.9 Å². The van der Waals surface area contributed by atoms with Crippen molar-refractivity contribution < 1.29 is 23.4 Å². The van der Waals surface area contributed by atoms with Crippen molar-refractivity contribution in [2.75, 3.05) is 6.61 Å². The van der Waals surface area contributed by atoms with Crippen LogP contribution in [0.3, 0.4) is 0 Å². The monoisotopic (exact) mass is 505 g/mol. The zero-order valence-electron chi connectivity index (χ0n) is 18.2. The lowest BCUT2D eigenvalue weighted by Gasteiger charge is -2.09. The number of rotatable bonds is 8. The van der Waals surface area contributed by atoms with E-state index < -0.39 is 16.3 Å². The van der Waals surface area contributed by atoms with Gasteiger partial charge in [0, 0.05) is 33.5 Å². The summed E-state index contributed by atoms with van der Waals surface area (Å²) in [6.45, 7) is 4.23. The predicted molar refractivity (Wildman–Crippen MR) is 132 cm³/mol. The summed E-state index contributed by atoms with van der Waals surface area (Å²) >= 11 is 7.24. The van der Waals surface area contributed by atoms with Gasteiger partial charge in [-0.3, -0.25) is 0 Å². The Bertz CT molecular complexity index is 1390. The summed E-state index contributed by atoms with van der Waals surface area (Å²) in [5.41, 5.74) is 2.59. The summed E-state index contributed by atoms with van der Waals surface area (Å²) in [5, 5.41) is 20.0. The van der Waals surface area contributed by atoms with E-state index in [0.717, 1.165) is 10.4 Å². The van der Waals surface area contributed by atoms with Gasteiger partial charge in [0.25, 0.3) is 10.0 Å². The number of halogens is 1. The molecule has 33 heavy (non-hydrogen) atoms. The van der Waals surface area contributed by atoms with Crippen molar-refractivity contribution in [1.29, 1.82) is 0 Å². The Morgan fingerprint density at radius 1 is 1.12 bits per heavy atom. The smallest absolute Gasteiger partial charge is 0.278 e. The standard InChI is InChI=1S/C24H24ClNO5S2/c1-3-31-19-9-10-22-20(13-19)17(6-11-23(27)28)14-26(22)33(29,30)24-21(12-15(2)32-24)16-4-7-18(25)8-5-16/h4-5,7-10,12-14,23,27-28H,3,6,11H2,1-2H3. The number of aryl methyl sites for hydroxylation is 2. The Morgan fingerprint density at radius 2 is 1.85 bits per heavy atom. The summed E-state index contributed by atoms with van der Waals surface area (Å²) in [5.74, 6) is 0.625. The van der Waals surface area contributed by atoms with Gasteiger partial charge in [0.1, 0.15) is 9.96 Å². The number of ether oxygens (including phenoxy) is 1. The zero-order valence-corrected chi connectivity index (χ0v) is 20.5. The van der Waals surface area contributed by atoms with Crippen molar-refractivity contribution in [3.63, 3.8) is 0 Å². The maximum atomic E-state index is 13.9. The molecule has 0 spiro atoms. The lowest BCUT2D eigenvalue weighted by atomic mass is 10.1. The van der Waals surface area contributed by atoms with Crippen molar-refractivity contribution in [3.05, 3.63) is 70.2 Å². The van der Waals surface area contributed by atoms with E-state index in [9.17, 15) is 18.6 Å². The van der Waals surface area contributed by atoms with Crippen LogP contribution in [0.25, 0.3) is 22.0 Å². The fourth-order valence-electron chi connectivity index (χ4n) is 3.79. The molecule has 0 aliphatic rings. The van der Waals surface area contributed by atoms with E-state index in [1.54, 1.807) is 48.7 Å². The van der Waals surface area contributed by atoms with Crippen LogP contribution in [0.15, 0.2) is 58.9 Å². The first-order chi connectivity index (χ1) is 15.7. The number of thiophene rings is 1. The number of aliphatic hydroxyl groups is 2. The largest absolute Gasteiger partial charge is 0.494 e. The molecule has 0 bridgehead atoms. The molecule has 0 aliphatic heterocycles. The molecule has 0 amide bonds. The van der Waals surface area contributed by atoms with Crippen LogP contribution in [0.4, 0.5) is 0 Å². The van der Waals surface area contributed by atoms with Gasteiger partial charge in [-0.15, -0.1) is 11.3 Å². The van der Waals surface area contributed by atoms with E-state index in [1.165, 1.54) is 15.3 Å².